The molecule has 2 aromatic carbocycles. The maximum absolute atomic E-state index is 13.2. The number of rotatable bonds is 9. The van der Waals surface area contributed by atoms with Crippen molar-refractivity contribution < 1.29 is 9.59 Å². The zero-order valence-corrected chi connectivity index (χ0v) is 20.7. The molecule has 2 aromatic rings. The van der Waals surface area contributed by atoms with Gasteiger partial charge in [0.05, 0.1) is 5.75 Å². The average molecular weight is 504 g/mol. The summed E-state index contributed by atoms with van der Waals surface area (Å²) >= 11 is 5.10. The smallest absolute Gasteiger partial charge is 0.242 e. The molecule has 0 heterocycles. The second-order valence-corrected chi connectivity index (χ2v) is 10.2. The second-order valence-electron chi connectivity index (χ2n) is 8.30. The molecular formula is C25H31BrN2O2S. The zero-order chi connectivity index (χ0) is 22.2. The van der Waals surface area contributed by atoms with Crippen LogP contribution in [0.1, 0.15) is 49.3 Å². The molecular weight excluding hydrogens is 472 g/mol. The first kappa shape index (κ1) is 23.9. The standard InChI is InChI=1S/C25H31BrN2O2S/c1-18-7-5-9-21(13-18)16-31-17-24(29)28(15-20-8-6-10-22(26)14-20)19(2)25(30)27-23-11-3-4-12-23/h5-10,13-14,19,23H,3-4,11-12,15-17H2,1-2H3,(H,27,30)/t19-/m1/s1. The summed E-state index contributed by atoms with van der Waals surface area (Å²) in [5.74, 6) is 1.06. The quantitative estimate of drug-likeness (QED) is 0.494. The van der Waals surface area contributed by atoms with E-state index in [0.29, 0.717) is 12.3 Å². The van der Waals surface area contributed by atoms with Crippen molar-refractivity contribution in [3.63, 3.8) is 0 Å². The predicted octanol–water partition coefficient (Wildman–Crippen LogP) is 5.47. The topological polar surface area (TPSA) is 49.4 Å². The van der Waals surface area contributed by atoms with Crippen molar-refractivity contribution in [1.29, 1.82) is 0 Å². The first-order chi connectivity index (χ1) is 14.9. The molecule has 4 nitrogen and oxygen atoms in total. The number of hydrogen-bond donors (Lipinski definition) is 1. The molecule has 166 valence electrons. The van der Waals surface area contributed by atoms with Gasteiger partial charge in [0.25, 0.3) is 0 Å². The highest BCUT2D eigenvalue weighted by Gasteiger charge is 2.28. The summed E-state index contributed by atoms with van der Waals surface area (Å²) in [6, 6.07) is 16.0. The molecule has 1 aliphatic rings. The highest BCUT2D eigenvalue weighted by Crippen LogP contribution is 2.20. The number of carbonyl (C=O) groups is 2. The van der Waals surface area contributed by atoms with E-state index in [1.807, 2.05) is 37.3 Å². The van der Waals surface area contributed by atoms with E-state index in [2.05, 4.69) is 46.4 Å². The summed E-state index contributed by atoms with van der Waals surface area (Å²) in [7, 11) is 0. The number of halogens is 1. The van der Waals surface area contributed by atoms with E-state index in [0.717, 1.165) is 41.5 Å². The van der Waals surface area contributed by atoms with E-state index in [9.17, 15) is 9.59 Å². The van der Waals surface area contributed by atoms with Gasteiger partial charge in [0.1, 0.15) is 6.04 Å². The molecule has 0 radical (unpaired) electrons. The third-order valence-electron chi connectivity index (χ3n) is 5.69. The average Bonchev–Trinajstić information content (AvgIpc) is 3.24. The van der Waals surface area contributed by atoms with Crippen molar-refractivity contribution in [1.82, 2.24) is 10.2 Å². The Morgan fingerprint density at radius 2 is 1.84 bits per heavy atom. The molecule has 2 amide bonds. The minimum absolute atomic E-state index is 0.00768. The molecule has 1 fully saturated rings. The van der Waals surface area contributed by atoms with Gasteiger partial charge in [-0.25, -0.2) is 0 Å². The molecule has 0 bridgehead atoms. The van der Waals surface area contributed by atoms with E-state index >= 15 is 0 Å². The van der Waals surface area contributed by atoms with E-state index in [1.165, 1.54) is 11.1 Å². The number of carbonyl (C=O) groups excluding carboxylic acids is 2. The maximum Gasteiger partial charge on any atom is 0.242 e. The monoisotopic (exact) mass is 502 g/mol. The van der Waals surface area contributed by atoms with Crippen LogP contribution in [0.4, 0.5) is 0 Å². The van der Waals surface area contributed by atoms with Crippen LogP contribution in [0.2, 0.25) is 0 Å². The van der Waals surface area contributed by atoms with Crippen LogP contribution in [0, 0.1) is 6.92 Å². The van der Waals surface area contributed by atoms with Crippen molar-refractivity contribution in [3.05, 3.63) is 69.7 Å². The SMILES string of the molecule is Cc1cccc(CSCC(=O)N(Cc2cccc(Br)c2)[C@H](C)C(=O)NC2CCCC2)c1. The summed E-state index contributed by atoms with van der Waals surface area (Å²) in [5.41, 5.74) is 3.44. The second kappa shape index (κ2) is 11.7. The molecule has 1 saturated carbocycles. The van der Waals surface area contributed by atoms with Gasteiger partial charge in [-0.15, -0.1) is 11.8 Å². The normalized spacial score (nSPS) is 14.9. The Kier molecular flexibility index (Phi) is 9.02. The Labute approximate surface area is 198 Å². The Balaban J connectivity index is 1.65. The van der Waals surface area contributed by atoms with Gasteiger partial charge in [-0.2, -0.15) is 0 Å². The lowest BCUT2D eigenvalue weighted by Gasteiger charge is -2.29. The van der Waals surface area contributed by atoms with Gasteiger partial charge in [-0.3, -0.25) is 9.59 Å². The molecule has 0 aliphatic heterocycles. The molecule has 3 rings (SSSR count). The van der Waals surface area contributed by atoms with Crippen LogP contribution >= 0.6 is 27.7 Å². The molecule has 0 aromatic heterocycles. The summed E-state index contributed by atoms with van der Waals surface area (Å²) < 4.78 is 0.967. The van der Waals surface area contributed by atoms with Crippen molar-refractivity contribution in [3.8, 4) is 0 Å². The van der Waals surface area contributed by atoms with Crippen molar-refractivity contribution in [2.75, 3.05) is 5.75 Å². The molecule has 1 N–H and O–H groups in total. The Morgan fingerprint density at radius 3 is 2.55 bits per heavy atom. The minimum Gasteiger partial charge on any atom is -0.352 e. The van der Waals surface area contributed by atoms with E-state index in [-0.39, 0.29) is 17.9 Å². The fourth-order valence-electron chi connectivity index (χ4n) is 3.95. The molecule has 0 unspecified atom stereocenters. The molecule has 6 heteroatoms. The van der Waals surface area contributed by atoms with Crippen LogP contribution < -0.4 is 5.32 Å². The largest absolute Gasteiger partial charge is 0.352 e. The molecule has 31 heavy (non-hydrogen) atoms. The number of nitrogens with one attached hydrogen (secondary N) is 1. The summed E-state index contributed by atoms with van der Waals surface area (Å²) in [4.78, 5) is 27.8. The lowest BCUT2D eigenvalue weighted by atomic mass is 10.1. The molecule has 1 atom stereocenters. The van der Waals surface area contributed by atoms with Gasteiger partial charge in [-0.05, 0) is 49.9 Å². The fraction of sp³-hybridized carbons (Fsp3) is 0.440. The Hall–Kier alpha value is -1.79. The first-order valence-corrected chi connectivity index (χ1v) is 12.8. The molecule has 0 saturated heterocycles. The lowest BCUT2D eigenvalue weighted by molar-refractivity contribution is -0.138. The van der Waals surface area contributed by atoms with Crippen LogP contribution in [-0.2, 0) is 21.9 Å². The van der Waals surface area contributed by atoms with Gasteiger partial charge in [0, 0.05) is 22.8 Å². The van der Waals surface area contributed by atoms with Crippen LogP contribution in [-0.4, -0.2) is 34.6 Å². The number of thioether (sulfide) groups is 1. The third-order valence-corrected chi connectivity index (χ3v) is 7.17. The molecule has 1 aliphatic carbocycles. The number of nitrogens with zero attached hydrogens (tertiary/aromatic N) is 1. The van der Waals surface area contributed by atoms with Crippen molar-refractivity contribution in [2.45, 2.75) is 63.9 Å². The fourth-order valence-corrected chi connectivity index (χ4v) is 5.25. The van der Waals surface area contributed by atoms with Crippen LogP contribution in [0.25, 0.3) is 0 Å². The molecule has 0 spiro atoms. The number of amides is 2. The van der Waals surface area contributed by atoms with Gasteiger partial charge in [0.15, 0.2) is 0 Å². The predicted molar refractivity (Wildman–Crippen MR) is 132 cm³/mol. The van der Waals surface area contributed by atoms with E-state index in [1.54, 1.807) is 16.7 Å². The van der Waals surface area contributed by atoms with Gasteiger partial charge in [0.2, 0.25) is 11.8 Å². The lowest BCUT2D eigenvalue weighted by Crippen LogP contribution is -2.50. The number of benzene rings is 2. The Morgan fingerprint density at radius 1 is 1.13 bits per heavy atom. The minimum atomic E-state index is -0.508. The Bertz CT molecular complexity index is 899. The zero-order valence-electron chi connectivity index (χ0n) is 18.3. The third kappa shape index (κ3) is 7.39. The summed E-state index contributed by atoms with van der Waals surface area (Å²) in [6.45, 7) is 4.33. The summed E-state index contributed by atoms with van der Waals surface area (Å²) in [5, 5.41) is 3.15. The van der Waals surface area contributed by atoms with Gasteiger partial charge in [-0.1, -0.05) is 70.7 Å². The summed E-state index contributed by atoms with van der Waals surface area (Å²) in [6.07, 6.45) is 4.39. The number of hydrogen-bond acceptors (Lipinski definition) is 3. The highest BCUT2D eigenvalue weighted by atomic mass is 79.9. The number of aryl methyl sites for hydroxylation is 1. The van der Waals surface area contributed by atoms with Crippen LogP contribution in [0.15, 0.2) is 53.0 Å². The first-order valence-electron chi connectivity index (χ1n) is 10.9. The van der Waals surface area contributed by atoms with E-state index < -0.39 is 6.04 Å². The van der Waals surface area contributed by atoms with E-state index in [4.69, 9.17) is 0 Å². The highest BCUT2D eigenvalue weighted by molar-refractivity contribution is 9.10. The van der Waals surface area contributed by atoms with Gasteiger partial charge < -0.3 is 10.2 Å². The van der Waals surface area contributed by atoms with Crippen molar-refractivity contribution in [2.24, 2.45) is 0 Å². The van der Waals surface area contributed by atoms with Crippen molar-refractivity contribution >= 4 is 39.5 Å². The van der Waals surface area contributed by atoms with Gasteiger partial charge >= 0.3 is 0 Å². The van der Waals surface area contributed by atoms with Crippen LogP contribution in [0.5, 0.6) is 0 Å². The van der Waals surface area contributed by atoms with Crippen LogP contribution in [0.3, 0.4) is 0 Å². The maximum atomic E-state index is 13.2.